The smallest absolute Gasteiger partial charge is 0.00955 e. The predicted octanol–water partition coefficient (Wildman–Crippen LogP) is 4.38. The Morgan fingerprint density at radius 1 is 1.11 bits per heavy atom. The molecule has 0 heterocycles. The summed E-state index contributed by atoms with van der Waals surface area (Å²) in [4.78, 5) is 0. The Balaban J connectivity index is 1.94. The first-order valence-corrected chi connectivity index (χ1v) is 7.79. The van der Waals surface area contributed by atoms with Gasteiger partial charge in [-0.15, -0.1) is 0 Å². The Kier molecular flexibility index (Phi) is 4.67. The number of nitrogens with one attached hydrogen (secondary N) is 1. The van der Waals surface area contributed by atoms with E-state index in [0.29, 0.717) is 6.04 Å². The van der Waals surface area contributed by atoms with Gasteiger partial charge in [-0.1, -0.05) is 70.9 Å². The van der Waals surface area contributed by atoms with Crippen molar-refractivity contribution in [3.63, 3.8) is 0 Å². The summed E-state index contributed by atoms with van der Waals surface area (Å²) in [6.07, 6.45) is 4.13. The van der Waals surface area contributed by atoms with Crippen molar-refractivity contribution in [2.24, 2.45) is 11.8 Å². The van der Waals surface area contributed by atoms with Crippen LogP contribution < -0.4 is 5.32 Å². The van der Waals surface area contributed by atoms with Crippen LogP contribution in [0.15, 0.2) is 30.3 Å². The molecule has 3 unspecified atom stereocenters. The Morgan fingerprint density at radius 3 is 2.47 bits per heavy atom. The van der Waals surface area contributed by atoms with E-state index >= 15 is 0 Å². The molecule has 1 nitrogen and oxygen atoms in total. The predicted molar refractivity (Wildman–Crippen MR) is 83.4 cm³/mol. The number of rotatable bonds is 4. The zero-order chi connectivity index (χ0) is 13.9. The molecule has 3 atom stereocenters. The van der Waals surface area contributed by atoms with Crippen LogP contribution in [0.4, 0.5) is 0 Å². The van der Waals surface area contributed by atoms with Crippen LogP contribution >= 0.6 is 0 Å². The topological polar surface area (TPSA) is 12.0 Å². The van der Waals surface area contributed by atoms with Crippen molar-refractivity contribution in [3.05, 3.63) is 35.9 Å². The molecule has 1 aliphatic carbocycles. The van der Waals surface area contributed by atoms with Crippen LogP contribution in [0.3, 0.4) is 0 Å². The van der Waals surface area contributed by atoms with Gasteiger partial charge in [0.25, 0.3) is 0 Å². The van der Waals surface area contributed by atoms with Gasteiger partial charge in [0.05, 0.1) is 0 Å². The summed E-state index contributed by atoms with van der Waals surface area (Å²) < 4.78 is 0. The monoisotopic (exact) mass is 259 g/mol. The fraction of sp³-hybridized carbons (Fsp3) is 0.667. The molecule has 19 heavy (non-hydrogen) atoms. The summed E-state index contributed by atoms with van der Waals surface area (Å²) in [6, 6.07) is 11.6. The maximum absolute atomic E-state index is 3.84. The van der Waals surface area contributed by atoms with Crippen LogP contribution in [0.1, 0.15) is 52.5 Å². The van der Waals surface area contributed by atoms with Gasteiger partial charge >= 0.3 is 0 Å². The molecule has 1 fully saturated rings. The quantitative estimate of drug-likeness (QED) is 0.846. The molecule has 1 aromatic rings. The van der Waals surface area contributed by atoms with Crippen LogP contribution in [0, 0.1) is 11.8 Å². The lowest BCUT2D eigenvalue weighted by Gasteiger charge is -2.37. The van der Waals surface area contributed by atoms with E-state index in [9.17, 15) is 0 Å². The van der Waals surface area contributed by atoms with Gasteiger partial charge in [0.1, 0.15) is 0 Å². The minimum absolute atomic E-state index is 0.210. The van der Waals surface area contributed by atoms with E-state index in [4.69, 9.17) is 0 Å². The molecule has 1 aromatic carbocycles. The first-order chi connectivity index (χ1) is 9.00. The summed E-state index contributed by atoms with van der Waals surface area (Å²) in [5.74, 6) is 1.67. The number of benzene rings is 1. The van der Waals surface area contributed by atoms with E-state index in [1.165, 1.54) is 24.8 Å². The Labute approximate surface area is 118 Å². The molecule has 0 saturated heterocycles. The molecule has 1 aliphatic rings. The SMILES string of the molecule is CC1CCCC(NCC(C)(C)c2ccccc2)C1C. The largest absolute Gasteiger partial charge is 0.313 e. The average molecular weight is 259 g/mol. The maximum atomic E-state index is 3.84. The highest BCUT2D eigenvalue weighted by atomic mass is 14.9. The van der Waals surface area contributed by atoms with Gasteiger partial charge in [-0.2, -0.15) is 0 Å². The van der Waals surface area contributed by atoms with Gasteiger partial charge in [-0.05, 0) is 23.8 Å². The van der Waals surface area contributed by atoms with Crippen molar-refractivity contribution < 1.29 is 0 Å². The molecule has 0 bridgehead atoms. The van der Waals surface area contributed by atoms with Crippen LogP contribution in [-0.4, -0.2) is 12.6 Å². The average Bonchev–Trinajstić information content (AvgIpc) is 2.41. The highest BCUT2D eigenvalue weighted by Crippen LogP contribution is 2.30. The summed E-state index contributed by atoms with van der Waals surface area (Å²) in [7, 11) is 0. The molecule has 1 saturated carbocycles. The Bertz CT molecular complexity index is 382. The van der Waals surface area contributed by atoms with E-state index in [0.717, 1.165) is 18.4 Å². The third-order valence-electron chi connectivity index (χ3n) is 5.07. The van der Waals surface area contributed by atoms with Crippen molar-refractivity contribution in [1.82, 2.24) is 5.32 Å². The normalized spacial score (nSPS) is 28.3. The van der Waals surface area contributed by atoms with Gasteiger partial charge in [0.15, 0.2) is 0 Å². The van der Waals surface area contributed by atoms with Gasteiger partial charge in [-0.25, -0.2) is 0 Å². The molecule has 2 rings (SSSR count). The lowest BCUT2D eigenvalue weighted by Crippen LogP contribution is -2.45. The van der Waals surface area contributed by atoms with Crippen molar-refractivity contribution in [1.29, 1.82) is 0 Å². The molecular weight excluding hydrogens is 230 g/mol. The second-order valence-electron chi connectivity index (χ2n) is 7.00. The molecule has 1 N–H and O–H groups in total. The highest BCUT2D eigenvalue weighted by Gasteiger charge is 2.29. The first kappa shape index (κ1) is 14.6. The fourth-order valence-corrected chi connectivity index (χ4v) is 3.25. The van der Waals surface area contributed by atoms with Gasteiger partial charge in [0, 0.05) is 18.0 Å². The lowest BCUT2D eigenvalue weighted by atomic mass is 9.77. The zero-order valence-electron chi connectivity index (χ0n) is 12.9. The molecule has 106 valence electrons. The first-order valence-electron chi connectivity index (χ1n) is 7.79. The van der Waals surface area contributed by atoms with Crippen molar-refractivity contribution >= 4 is 0 Å². The minimum atomic E-state index is 0.210. The molecule has 0 radical (unpaired) electrons. The molecular formula is C18H29N. The summed E-state index contributed by atoms with van der Waals surface area (Å²) in [6.45, 7) is 10.6. The van der Waals surface area contributed by atoms with Crippen molar-refractivity contribution in [2.45, 2.75) is 58.4 Å². The van der Waals surface area contributed by atoms with Crippen LogP contribution in [0.5, 0.6) is 0 Å². The molecule has 0 amide bonds. The summed E-state index contributed by atoms with van der Waals surface area (Å²) in [5, 5.41) is 3.84. The molecule has 0 aromatic heterocycles. The zero-order valence-corrected chi connectivity index (χ0v) is 12.9. The molecule has 0 aliphatic heterocycles. The standard InChI is InChI=1S/C18H29N/c1-14-9-8-12-17(15(14)2)19-13-18(3,4)16-10-6-5-7-11-16/h5-7,10-11,14-15,17,19H,8-9,12-13H2,1-4H3. The third-order valence-corrected chi connectivity index (χ3v) is 5.07. The van der Waals surface area contributed by atoms with Crippen LogP contribution in [-0.2, 0) is 5.41 Å². The Morgan fingerprint density at radius 2 is 1.79 bits per heavy atom. The van der Waals surface area contributed by atoms with Gasteiger partial charge in [0.2, 0.25) is 0 Å². The molecule has 0 spiro atoms. The lowest BCUT2D eigenvalue weighted by molar-refractivity contribution is 0.199. The number of hydrogen-bond donors (Lipinski definition) is 1. The fourth-order valence-electron chi connectivity index (χ4n) is 3.25. The highest BCUT2D eigenvalue weighted by molar-refractivity contribution is 5.23. The number of hydrogen-bond acceptors (Lipinski definition) is 1. The van der Waals surface area contributed by atoms with Crippen molar-refractivity contribution in [2.75, 3.05) is 6.54 Å². The second kappa shape index (κ2) is 6.09. The van der Waals surface area contributed by atoms with Crippen LogP contribution in [0.25, 0.3) is 0 Å². The molecule has 1 heteroatoms. The second-order valence-corrected chi connectivity index (χ2v) is 7.00. The van der Waals surface area contributed by atoms with Crippen LogP contribution in [0.2, 0.25) is 0 Å². The van der Waals surface area contributed by atoms with E-state index < -0.39 is 0 Å². The van der Waals surface area contributed by atoms with E-state index in [2.05, 4.69) is 63.3 Å². The summed E-state index contributed by atoms with van der Waals surface area (Å²) >= 11 is 0. The summed E-state index contributed by atoms with van der Waals surface area (Å²) in [5.41, 5.74) is 1.64. The maximum Gasteiger partial charge on any atom is 0.00955 e. The van der Waals surface area contributed by atoms with Gasteiger partial charge < -0.3 is 5.32 Å². The van der Waals surface area contributed by atoms with E-state index in [-0.39, 0.29) is 5.41 Å². The van der Waals surface area contributed by atoms with Gasteiger partial charge in [-0.3, -0.25) is 0 Å². The van der Waals surface area contributed by atoms with Crippen molar-refractivity contribution in [3.8, 4) is 0 Å². The third kappa shape index (κ3) is 3.60. The van der Waals surface area contributed by atoms with E-state index in [1.54, 1.807) is 0 Å². The Hall–Kier alpha value is -0.820. The minimum Gasteiger partial charge on any atom is -0.313 e. The van der Waals surface area contributed by atoms with E-state index in [1.807, 2.05) is 0 Å².